The fraction of sp³-hybridized carbons (Fsp3) is 0.643. The maximum atomic E-state index is 11.7. The van der Waals surface area contributed by atoms with Crippen molar-refractivity contribution in [3.05, 3.63) is 23.5 Å². The summed E-state index contributed by atoms with van der Waals surface area (Å²) in [6, 6.07) is 3.92. The van der Waals surface area contributed by atoms with Crippen LogP contribution in [0.3, 0.4) is 0 Å². The van der Waals surface area contributed by atoms with E-state index in [9.17, 15) is 4.79 Å². The first kappa shape index (κ1) is 13.8. The van der Waals surface area contributed by atoms with E-state index in [0.29, 0.717) is 11.6 Å². The molecule has 0 aromatic carbocycles. The highest BCUT2D eigenvalue weighted by Gasteiger charge is 2.15. The van der Waals surface area contributed by atoms with E-state index in [1.807, 2.05) is 12.1 Å². The van der Waals surface area contributed by atoms with Crippen molar-refractivity contribution < 1.29 is 9.53 Å². The minimum Gasteiger partial charge on any atom is -0.464 e. The van der Waals surface area contributed by atoms with E-state index >= 15 is 0 Å². The molecule has 0 bridgehead atoms. The summed E-state index contributed by atoms with van der Waals surface area (Å²) in [6.45, 7) is 7.43. The Balaban J connectivity index is 2.97. The molecule has 1 aromatic rings. The second-order valence-electron chi connectivity index (χ2n) is 4.80. The van der Waals surface area contributed by atoms with Crippen molar-refractivity contribution in [1.29, 1.82) is 0 Å². The van der Waals surface area contributed by atoms with Crippen LogP contribution in [0, 0.1) is 5.92 Å². The number of hydrogen-bond donors (Lipinski definition) is 0. The average Bonchev–Trinajstić information content (AvgIpc) is 2.67. The third-order valence-electron chi connectivity index (χ3n) is 2.82. The predicted molar refractivity (Wildman–Crippen MR) is 69.2 cm³/mol. The monoisotopic (exact) mass is 237 g/mol. The van der Waals surface area contributed by atoms with Crippen LogP contribution >= 0.6 is 0 Å². The van der Waals surface area contributed by atoms with Crippen molar-refractivity contribution >= 4 is 5.97 Å². The van der Waals surface area contributed by atoms with E-state index in [0.717, 1.165) is 25.8 Å². The molecule has 1 heterocycles. The Morgan fingerprint density at radius 1 is 1.41 bits per heavy atom. The second-order valence-corrected chi connectivity index (χ2v) is 4.80. The van der Waals surface area contributed by atoms with E-state index in [2.05, 4.69) is 25.3 Å². The van der Waals surface area contributed by atoms with Crippen molar-refractivity contribution in [2.75, 3.05) is 7.11 Å². The van der Waals surface area contributed by atoms with Crippen molar-refractivity contribution in [1.82, 2.24) is 4.57 Å². The van der Waals surface area contributed by atoms with E-state index in [1.54, 1.807) is 0 Å². The highest BCUT2D eigenvalue weighted by atomic mass is 16.5. The molecule has 0 radical (unpaired) electrons. The van der Waals surface area contributed by atoms with Gasteiger partial charge >= 0.3 is 5.97 Å². The Morgan fingerprint density at radius 2 is 2.12 bits per heavy atom. The first-order valence-corrected chi connectivity index (χ1v) is 6.36. The van der Waals surface area contributed by atoms with Gasteiger partial charge in [0.1, 0.15) is 5.69 Å². The van der Waals surface area contributed by atoms with Crippen LogP contribution < -0.4 is 0 Å². The summed E-state index contributed by atoms with van der Waals surface area (Å²) in [5.74, 6) is 0.354. The Labute approximate surface area is 104 Å². The topological polar surface area (TPSA) is 31.2 Å². The van der Waals surface area contributed by atoms with Crippen LogP contribution in [0.5, 0.6) is 0 Å². The average molecular weight is 237 g/mol. The van der Waals surface area contributed by atoms with Gasteiger partial charge in [0, 0.05) is 12.2 Å². The summed E-state index contributed by atoms with van der Waals surface area (Å²) in [6.07, 6.45) is 3.21. The molecule has 0 unspecified atom stereocenters. The molecule has 0 fully saturated rings. The minimum absolute atomic E-state index is 0.240. The summed E-state index contributed by atoms with van der Waals surface area (Å²) in [7, 11) is 1.43. The van der Waals surface area contributed by atoms with Gasteiger partial charge in [0.25, 0.3) is 0 Å². The number of hydrogen-bond acceptors (Lipinski definition) is 2. The number of esters is 1. The molecule has 0 saturated carbocycles. The number of ether oxygens (including phenoxy) is 1. The number of aromatic nitrogens is 1. The maximum Gasteiger partial charge on any atom is 0.354 e. The fourth-order valence-corrected chi connectivity index (χ4v) is 1.97. The molecule has 0 aliphatic heterocycles. The molecule has 3 heteroatoms. The largest absolute Gasteiger partial charge is 0.464 e. The van der Waals surface area contributed by atoms with Gasteiger partial charge in [-0.15, -0.1) is 0 Å². The van der Waals surface area contributed by atoms with E-state index in [1.165, 1.54) is 12.8 Å². The maximum absolute atomic E-state index is 11.7. The number of carbonyl (C=O) groups excluding carboxylic acids is 1. The number of nitrogens with zero attached hydrogens (tertiary/aromatic N) is 1. The lowest BCUT2D eigenvalue weighted by Gasteiger charge is -2.13. The lowest BCUT2D eigenvalue weighted by molar-refractivity contribution is 0.0587. The van der Waals surface area contributed by atoms with Crippen LogP contribution in [0.15, 0.2) is 12.1 Å². The molecule has 0 aliphatic carbocycles. The minimum atomic E-state index is -0.240. The van der Waals surface area contributed by atoms with Gasteiger partial charge in [-0.1, -0.05) is 27.2 Å². The van der Waals surface area contributed by atoms with Gasteiger partial charge in [0.15, 0.2) is 0 Å². The Hall–Kier alpha value is -1.25. The van der Waals surface area contributed by atoms with Crippen LogP contribution in [0.25, 0.3) is 0 Å². The van der Waals surface area contributed by atoms with Crippen LogP contribution in [0.1, 0.15) is 49.8 Å². The van der Waals surface area contributed by atoms with Gasteiger partial charge in [0.2, 0.25) is 0 Å². The van der Waals surface area contributed by atoms with Gasteiger partial charge in [0.05, 0.1) is 7.11 Å². The summed E-state index contributed by atoms with van der Waals surface area (Å²) >= 11 is 0. The van der Waals surface area contributed by atoms with Gasteiger partial charge in [-0.2, -0.15) is 0 Å². The second kappa shape index (κ2) is 6.48. The Kier molecular flexibility index (Phi) is 5.26. The number of carbonyl (C=O) groups is 1. The molecule has 0 N–H and O–H groups in total. The lowest BCUT2D eigenvalue weighted by Crippen LogP contribution is -2.14. The number of unbranched alkanes of at least 4 members (excludes halogenated alkanes) is 1. The van der Waals surface area contributed by atoms with Crippen molar-refractivity contribution in [2.24, 2.45) is 5.92 Å². The standard InChI is InChI=1S/C14H23NO2/c1-5-6-9-15-12(10-11(2)3)7-8-13(15)14(16)17-4/h7-8,11H,5-6,9-10H2,1-4H3. The zero-order valence-corrected chi connectivity index (χ0v) is 11.3. The van der Waals surface area contributed by atoms with Crippen LogP contribution in [0.4, 0.5) is 0 Å². The summed E-state index contributed by atoms with van der Waals surface area (Å²) < 4.78 is 6.92. The summed E-state index contributed by atoms with van der Waals surface area (Å²) in [5, 5.41) is 0. The molecule has 1 rings (SSSR count). The molecule has 1 aromatic heterocycles. The van der Waals surface area contributed by atoms with Crippen molar-refractivity contribution in [2.45, 2.75) is 46.6 Å². The third-order valence-corrected chi connectivity index (χ3v) is 2.82. The molecule has 0 atom stereocenters. The van der Waals surface area contributed by atoms with Crippen LogP contribution in [0.2, 0.25) is 0 Å². The highest BCUT2D eigenvalue weighted by molar-refractivity contribution is 5.87. The molecule has 0 aliphatic rings. The summed E-state index contributed by atoms with van der Waals surface area (Å²) in [4.78, 5) is 11.7. The molecular formula is C14H23NO2. The molecular weight excluding hydrogens is 214 g/mol. The molecule has 0 amide bonds. The van der Waals surface area contributed by atoms with E-state index in [-0.39, 0.29) is 5.97 Å². The van der Waals surface area contributed by atoms with Crippen LogP contribution in [-0.4, -0.2) is 17.6 Å². The van der Waals surface area contributed by atoms with Gasteiger partial charge in [-0.25, -0.2) is 4.79 Å². The first-order chi connectivity index (χ1) is 8.10. The van der Waals surface area contributed by atoms with E-state index < -0.39 is 0 Å². The van der Waals surface area contributed by atoms with Gasteiger partial charge in [-0.05, 0) is 30.9 Å². The van der Waals surface area contributed by atoms with Gasteiger partial charge in [-0.3, -0.25) is 0 Å². The SMILES string of the molecule is CCCCn1c(CC(C)C)ccc1C(=O)OC. The molecule has 17 heavy (non-hydrogen) atoms. The Morgan fingerprint density at radius 3 is 2.65 bits per heavy atom. The quantitative estimate of drug-likeness (QED) is 0.711. The zero-order valence-electron chi connectivity index (χ0n) is 11.3. The predicted octanol–water partition coefficient (Wildman–Crippen LogP) is 3.27. The first-order valence-electron chi connectivity index (χ1n) is 6.36. The van der Waals surface area contributed by atoms with Crippen molar-refractivity contribution in [3.8, 4) is 0 Å². The normalized spacial score (nSPS) is 10.9. The molecule has 0 spiro atoms. The smallest absolute Gasteiger partial charge is 0.354 e. The Bertz CT molecular complexity index is 366. The fourth-order valence-electron chi connectivity index (χ4n) is 1.97. The molecule has 96 valence electrons. The van der Waals surface area contributed by atoms with Crippen molar-refractivity contribution in [3.63, 3.8) is 0 Å². The highest BCUT2D eigenvalue weighted by Crippen LogP contribution is 2.16. The van der Waals surface area contributed by atoms with Gasteiger partial charge < -0.3 is 9.30 Å². The number of methoxy groups -OCH3 is 1. The third kappa shape index (κ3) is 3.62. The number of rotatable bonds is 6. The zero-order chi connectivity index (χ0) is 12.8. The molecule has 3 nitrogen and oxygen atoms in total. The van der Waals surface area contributed by atoms with Crippen LogP contribution in [-0.2, 0) is 17.7 Å². The lowest BCUT2D eigenvalue weighted by atomic mass is 10.1. The summed E-state index contributed by atoms with van der Waals surface area (Å²) in [5.41, 5.74) is 1.91. The van der Waals surface area contributed by atoms with E-state index in [4.69, 9.17) is 4.74 Å². The molecule has 0 saturated heterocycles.